The van der Waals surface area contributed by atoms with Crippen molar-refractivity contribution < 1.29 is 9.90 Å². The zero-order valence-electron chi connectivity index (χ0n) is 16.2. The number of aromatic nitrogens is 2. The van der Waals surface area contributed by atoms with E-state index in [9.17, 15) is 9.90 Å². The van der Waals surface area contributed by atoms with Crippen molar-refractivity contribution >= 4 is 5.78 Å². The Bertz CT molecular complexity index is 819. The maximum absolute atomic E-state index is 12.9. The number of hydrogen-bond acceptors (Lipinski definition) is 4. The van der Waals surface area contributed by atoms with Crippen molar-refractivity contribution in [3.8, 4) is 17.3 Å². The fourth-order valence-electron chi connectivity index (χ4n) is 2.95. The summed E-state index contributed by atoms with van der Waals surface area (Å²) in [5.74, 6) is 0.00469. The quantitative estimate of drug-likeness (QED) is 0.753. The number of nitrogens with zero attached hydrogens (tertiary/aromatic N) is 3. The first kappa shape index (κ1) is 19.9. The van der Waals surface area contributed by atoms with Crippen LogP contribution in [0.1, 0.15) is 75.1 Å². The van der Waals surface area contributed by atoms with Gasteiger partial charge >= 0.3 is 0 Å². The van der Waals surface area contributed by atoms with E-state index in [4.69, 9.17) is 10.4 Å². The van der Waals surface area contributed by atoms with Crippen LogP contribution in [0.2, 0.25) is 0 Å². The Labute approximate surface area is 155 Å². The smallest absolute Gasteiger partial charge is 0.181 e. The molecule has 0 unspecified atom stereocenters. The summed E-state index contributed by atoms with van der Waals surface area (Å²) >= 11 is 0. The Balaban J connectivity index is 2.51. The van der Waals surface area contributed by atoms with E-state index in [1.165, 1.54) is 0 Å². The molecule has 26 heavy (non-hydrogen) atoms. The number of nitriles is 1. The molecule has 1 aromatic heterocycles. The molecule has 0 saturated carbocycles. The van der Waals surface area contributed by atoms with Crippen LogP contribution in [0.5, 0.6) is 0 Å². The van der Waals surface area contributed by atoms with E-state index in [-0.39, 0.29) is 18.2 Å². The van der Waals surface area contributed by atoms with Crippen LogP contribution in [0.4, 0.5) is 0 Å². The molecule has 0 atom stereocenters. The van der Waals surface area contributed by atoms with E-state index in [1.54, 1.807) is 30.7 Å². The number of hydrogen-bond donors (Lipinski definition) is 1. The highest BCUT2D eigenvalue weighted by molar-refractivity contribution is 5.97. The molecule has 1 N–H and O–H groups in total. The largest absolute Gasteiger partial charge is 0.390 e. The van der Waals surface area contributed by atoms with Crippen LogP contribution in [-0.4, -0.2) is 26.3 Å². The third-order valence-electron chi connectivity index (χ3n) is 4.37. The van der Waals surface area contributed by atoms with E-state index in [0.29, 0.717) is 24.1 Å². The van der Waals surface area contributed by atoms with Gasteiger partial charge in [-0.2, -0.15) is 10.4 Å². The lowest BCUT2D eigenvalue weighted by Gasteiger charge is -2.17. The summed E-state index contributed by atoms with van der Waals surface area (Å²) in [5.41, 5.74) is 2.96. The molecule has 2 aromatic rings. The van der Waals surface area contributed by atoms with Crippen molar-refractivity contribution in [1.82, 2.24) is 9.78 Å². The number of Topliss-reactive ketones (excluding diaryl/α,β-unsaturated/α-hetero) is 1. The van der Waals surface area contributed by atoms with E-state index in [2.05, 4.69) is 6.07 Å². The van der Waals surface area contributed by atoms with Crippen molar-refractivity contribution in [3.63, 3.8) is 0 Å². The third kappa shape index (κ3) is 4.39. The van der Waals surface area contributed by atoms with E-state index in [0.717, 1.165) is 16.8 Å². The van der Waals surface area contributed by atoms with Crippen LogP contribution in [0, 0.1) is 11.3 Å². The first-order valence-corrected chi connectivity index (χ1v) is 9.05. The fourth-order valence-corrected chi connectivity index (χ4v) is 2.95. The Morgan fingerprint density at radius 1 is 1.31 bits per heavy atom. The van der Waals surface area contributed by atoms with Crippen molar-refractivity contribution in [1.29, 1.82) is 5.26 Å². The summed E-state index contributed by atoms with van der Waals surface area (Å²) in [6.45, 7) is 9.44. The molecule has 0 fully saturated rings. The number of benzene rings is 1. The van der Waals surface area contributed by atoms with Gasteiger partial charge in [0.15, 0.2) is 5.78 Å². The van der Waals surface area contributed by atoms with Crippen molar-refractivity contribution in [2.75, 3.05) is 0 Å². The molecule has 0 aliphatic carbocycles. The predicted molar refractivity (Wildman–Crippen MR) is 102 cm³/mol. The number of ketones is 1. The molecule has 138 valence electrons. The van der Waals surface area contributed by atoms with E-state index in [1.807, 2.05) is 32.9 Å². The highest BCUT2D eigenvalue weighted by atomic mass is 16.3. The highest BCUT2D eigenvalue weighted by Gasteiger charge is 2.25. The molecule has 0 bridgehead atoms. The number of rotatable bonds is 7. The molecule has 0 spiro atoms. The van der Waals surface area contributed by atoms with Gasteiger partial charge in [-0.3, -0.25) is 9.48 Å². The third-order valence-corrected chi connectivity index (χ3v) is 4.37. The van der Waals surface area contributed by atoms with Crippen LogP contribution in [0.25, 0.3) is 11.3 Å². The number of aliphatic hydroxyl groups is 1. The molecule has 5 nitrogen and oxygen atoms in total. The minimum absolute atomic E-state index is 0.00469. The minimum Gasteiger partial charge on any atom is -0.390 e. The second-order valence-corrected chi connectivity index (χ2v) is 7.49. The van der Waals surface area contributed by atoms with Crippen LogP contribution >= 0.6 is 0 Å². The van der Waals surface area contributed by atoms with Crippen molar-refractivity contribution in [2.24, 2.45) is 0 Å². The second kappa shape index (κ2) is 7.84. The first-order valence-electron chi connectivity index (χ1n) is 9.05. The molecule has 1 aromatic carbocycles. The summed E-state index contributed by atoms with van der Waals surface area (Å²) in [6, 6.07) is 9.43. The maximum Gasteiger partial charge on any atom is 0.181 e. The van der Waals surface area contributed by atoms with Gasteiger partial charge in [0.1, 0.15) is 5.69 Å². The molecule has 0 aliphatic heterocycles. The lowest BCUT2D eigenvalue weighted by molar-refractivity contribution is 0.0629. The van der Waals surface area contributed by atoms with Crippen LogP contribution in [0.3, 0.4) is 0 Å². The van der Waals surface area contributed by atoms with E-state index < -0.39 is 5.60 Å². The molecular formula is C21H27N3O2. The second-order valence-electron chi connectivity index (χ2n) is 7.49. The van der Waals surface area contributed by atoms with Crippen molar-refractivity contribution in [2.45, 2.75) is 65.5 Å². The number of carbonyl (C=O) groups is 1. The lowest BCUT2D eigenvalue weighted by Crippen LogP contribution is -2.21. The summed E-state index contributed by atoms with van der Waals surface area (Å²) < 4.78 is 1.79. The normalized spacial score (nSPS) is 11.6. The Kier molecular flexibility index (Phi) is 5.99. The van der Waals surface area contributed by atoms with E-state index >= 15 is 0 Å². The van der Waals surface area contributed by atoms with Gasteiger partial charge in [-0.25, -0.2) is 0 Å². The Morgan fingerprint density at radius 3 is 2.38 bits per heavy atom. The van der Waals surface area contributed by atoms with Gasteiger partial charge in [-0.15, -0.1) is 0 Å². The maximum atomic E-state index is 12.9. The molecule has 2 rings (SSSR count). The Morgan fingerprint density at radius 2 is 1.92 bits per heavy atom. The molecular weight excluding hydrogens is 326 g/mol. The minimum atomic E-state index is -0.874. The predicted octanol–water partition coefficient (Wildman–Crippen LogP) is 4.30. The molecule has 1 heterocycles. The van der Waals surface area contributed by atoms with Crippen molar-refractivity contribution in [3.05, 3.63) is 41.1 Å². The molecule has 0 amide bonds. The van der Waals surface area contributed by atoms with Gasteiger partial charge in [0.25, 0.3) is 0 Å². The highest BCUT2D eigenvalue weighted by Crippen LogP contribution is 2.30. The fraction of sp³-hybridized carbons (Fsp3) is 0.476. The molecule has 5 heteroatoms. The Hall–Kier alpha value is -2.45. The monoisotopic (exact) mass is 353 g/mol. The van der Waals surface area contributed by atoms with Crippen LogP contribution < -0.4 is 0 Å². The van der Waals surface area contributed by atoms with Crippen LogP contribution in [-0.2, 0) is 6.42 Å². The van der Waals surface area contributed by atoms with Gasteiger partial charge in [-0.05, 0) is 52.7 Å². The lowest BCUT2D eigenvalue weighted by atomic mass is 9.96. The average molecular weight is 353 g/mol. The van der Waals surface area contributed by atoms with Gasteiger partial charge in [0.2, 0.25) is 0 Å². The zero-order chi connectivity index (χ0) is 19.5. The molecule has 0 saturated heterocycles. The van der Waals surface area contributed by atoms with Crippen LogP contribution in [0.15, 0.2) is 24.3 Å². The summed E-state index contributed by atoms with van der Waals surface area (Å²) in [5, 5.41) is 23.7. The SMILES string of the molecule is CCc1c(-c2ccc(C#N)cc2)nn(C(C)C)c1C(=O)CCC(C)(C)O. The molecule has 0 radical (unpaired) electrons. The standard InChI is InChI=1S/C21H27N3O2/c1-6-17-19(16-9-7-15(13-22)8-10-16)23-24(14(2)3)20(17)18(25)11-12-21(4,5)26/h7-10,14,26H,6,11-12H2,1-5H3. The summed E-state index contributed by atoms with van der Waals surface area (Å²) in [7, 11) is 0. The van der Waals surface area contributed by atoms with Gasteiger partial charge in [0.05, 0.1) is 22.9 Å². The van der Waals surface area contributed by atoms with Gasteiger partial charge in [0, 0.05) is 23.6 Å². The van der Waals surface area contributed by atoms with Gasteiger partial charge in [-0.1, -0.05) is 19.1 Å². The summed E-state index contributed by atoms with van der Waals surface area (Å²) in [4.78, 5) is 12.9. The first-order chi connectivity index (χ1) is 12.2. The molecule has 0 aliphatic rings. The average Bonchev–Trinajstić information content (AvgIpc) is 2.99. The zero-order valence-corrected chi connectivity index (χ0v) is 16.2. The summed E-state index contributed by atoms with van der Waals surface area (Å²) in [6.07, 6.45) is 1.37. The van der Waals surface area contributed by atoms with Gasteiger partial charge < -0.3 is 5.11 Å². The topological polar surface area (TPSA) is 78.9 Å². The number of carbonyl (C=O) groups excluding carboxylic acids is 1.